The number of sulfonamides is 1. The molecule has 2 N–H and O–H groups in total. The molecule has 0 bridgehead atoms. The summed E-state index contributed by atoms with van der Waals surface area (Å²) in [5.74, 6) is 0.0738. The van der Waals surface area contributed by atoms with Crippen molar-refractivity contribution in [2.24, 2.45) is 5.92 Å². The summed E-state index contributed by atoms with van der Waals surface area (Å²) in [6.07, 6.45) is 0.715. The van der Waals surface area contributed by atoms with Crippen LogP contribution in [-0.4, -0.2) is 43.8 Å². The van der Waals surface area contributed by atoms with Gasteiger partial charge in [0.1, 0.15) is 11.0 Å². The first-order valence-corrected chi connectivity index (χ1v) is 12.3. The molecule has 0 fully saturated rings. The quantitative estimate of drug-likeness (QED) is 0.669. The van der Waals surface area contributed by atoms with E-state index in [1.54, 1.807) is 19.9 Å². The van der Waals surface area contributed by atoms with Crippen LogP contribution in [0.3, 0.4) is 0 Å². The third-order valence-electron chi connectivity index (χ3n) is 4.56. The monoisotopic (exact) mass is 468 g/mol. The molecule has 170 valence electrons. The molecule has 0 saturated carbocycles. The van der Waals surface area contributed by atoms with E-state index >= 15 is 0 Å². The van der Waals surface area contributed by atoms with Gasteiger partial charge in [0, 0.05) is 17.9 Å². The smallest absolute Gasteiger partial charge is 0.244 e. The van der Waals surface area contributed by atoms with Crippen molar-refractivity contribution in [1.82, 2.24) is 14.9 Å². The molecule has 3 rings (SSSR count). The number of anilines is 1. The SMILES string of the molecule is CC(C)C(NS(=O)(=O)c1ccc2c(c1)OCCCO2)C(=O)Nc1nnc(C(C)(C)C)s1. The molecule has 1 unspecified atom stereocenters. The minimum atomic E-state index is -3.98. The van der Waals surface area contributed by atoms with Crippen molar-refractivity contribution in [1.29, 1.82) is 0 Å². The average molecular weight is 469 g/mol. The molecule has 1 aromatic heterocycles. The third-order valence-corrected chi connectivity index (χ3v) is 7.26. The van der Waals surface area contributed by atoms with Gasteiger partial charge in [0.25, 0.3) is 0 Å². The van der Waals surface area contributed by atoms with E-state index in [9.17, 15) is 13.2 Å². The molecule has 0 radical (unpaired) electrons. The molecule has 1 aromatic carbocycles. The van der Waals surface area contributed by atoms with Crippen molar-refractivity contribution in [2.45, 2.75) is 57.4 Å². The number of carbonyl (C=O) groups excluding carboxylic acids is 1. The lowest BCUT2D eigenvalue weighted by atomic mass is 9.98. The van der Waals surface area contributed by atoms with Crippen LogP contribution in [0.1, 0.15) is 46.0 Å². The van der Waals surface area contributed by atoms with Gasteiger partial charge in [-0.15, -0.1) is 10.2 Å². The highest BCUT2D eigenvalue weighted by Crippen LogP contribution is 2.32. The number of aromatic nitrogens is 2. The summed E-state index contributed by atoms with van der Waals surface area (Å²) in [4.78, 5) is 12.9. The maximum atomic E-state index is 13.0. The fourth-order valence-electron chi connectivity index (χ4n) is 2.80. The van der Waals surface area contributed by atoms with Gasteiger partial charge >= 0.3 is 0 Å². The Bertz CT molecular complexity index is 1040. The summed E-state index contributed by atoms with van der Waals surface area (Å²) in [6, 6.07) is 3.42. The van der Waals surface area contributed by atoms with Gasteiger partial charge in [0.15, 0.2) is 11.5 Å². The number of hydrogen-bond donors (Lipinski definition) is 2. The van der Waals surface area contributed by atoms with Crippen LogP contribution in [0, 0.1) is 5.92 Å². The van der Waals surface area contributed by atoms with Crippen molar-refractivity contribution >= 4 is 32.4 Å². The molecule has 1 amide bonds. The van der Waals surface area contributed by atoms with Crippen LogP contribution < -0.4 is 19.5 Å². The van der Waals surface area contributed by atoms with Crippen LogP contribution in [0.2, 0.25) is 0 Å². The van der Waals surface area contributed by atoms with E-state index in [0.29, 0.717) is 36.3 Å². The van der Waals surface area contributed by atoms with Crippen molar-refractivity contribution in [3.63, 3.8) is 0 Å². The second-order valence-corrected chi connectivity index (χ2v) is 11.3. The van der Waals surface area contributed by atoms with Crippen molar-refractivity contribution < 1.29 is 22.7 Å². The molecule has 9 nitrogen and oxygen atoms in total. The van der Waals surface area contributed by atoms with E-state index in [4.69, 9.17) is 9.47 Å². The van der Waals surface area contributed by atoms with Gasteiger partial charge in [0.05, 0.1) is 18.1 Å². The van der Waals surface area contributed by atoms with Gasteiger partial charge in [-0.25, -0.2) is 8.42 Å². The number of carbonyl (C=O) groups is 1. The first-order chi connectivity index (χ1) is 14.5. The lowest BCUT2D eigenvalue weighted by Crippen LogP contribution is -2.47. The number of rotatable bonds is 6. The summed E-state index contributed by atoms with van der Waals surface area (Å²) in [6.45, 7) is 10.5. The summed E-state index contributed by atoms with van der Waals surface area (Å²) >= 11 is 1.27. The van der Waals surface area contributed by atoms with Crippen LogP contribution in [0.4, 0.5) is 5.13 Å². The standard InChI is InChI=1S/C20H28N4O5S2/c1-12(2)16(17(25)21-19-23-22-18(30-19)20(3,4)5)24-31(26,27)13-7-8-14-15(11-13)29-10-6-9-28-14/h7-8,11-12,16,24H,6,9-10H2,1-5H3,(H,21,23,25). The zero-order valence-corrected chi connectivity index (χ0v) is 19.9. The third kappa shape index (κ3) is 5.72. The molecular weight excluding hydrogens is 440 g/mol. The number of ether oxygens (including phenoxy) is 2. The second kappa shape index (κ2) is 9.09. The predicted octanol–water partition coefficient (Wildman–Crippen LogP) is 2.94. The summed E-state index contributed by atoms with van der Waals surface area (Å²) in [7, 11) is -3.98. The Morgan fingerprint density at radius 2 is 1.81 bits per heavy atom. The van der Waals surface area contributed by atoms with E-state index in [-0.39, 0.29) is 16.2 Å². The second-order valence-electron chi connectivity index (χ2n) is 8.65. The number of nitrogens with one attached hydrogen (secondary N) is 2. The number of hydrogen-bond acceptors (Lipinski definition) is 8. The Morgan fingerprint density at radius 3 is 2.42 bits per heavy atom. The molecule has 2 heterocycles. The average Bonchev–Trinajstić information content (AvgIpc) is 3.02. The summed E-state index contributed by atoms with van der Waals surface area (Å²) in [5, 5.41) is 11.9. The lowest BCUT2D eigenvalue weighted by Gasteiger charge is -2.21. The van der Waals surface area contributed by atoms with E-state index < -0.39 is 22.0 Å². The molecule has 1 aliphatic heterocycles. The van der Waals surface area contributed by atoms with Crippen LogP contribution in [0.15, 0.2) is 23.1 Å². The van der Waals surface area contributed by atoms with E-state index in [1.165, 1.54) is 23.5 Å². The minimum absolute atomic E-state index is 0.00105. The van der Waals surface area contributed by atoms with Crippen LogP contribution >= 0.6 is 11.3 Å². The molecule has 0 aliphatic carbocycles. The fourth-order valence-corrected chi connectivity index (χ4v) is 4.96. The molecule has 0 saturated heterocycles. The van der Waals surface area contributed by atoms with Crippen LogP contribution in [0.25, 0.3) is 0 Å². The van der Waals surface area contributed by atoms with E-state index in [0.717, 1.165) is 5.01 Å². The normalized spacial score (nSPS) is 15.4. The molecule has 0 spiro atoms. The molecule has 11 heteroatoms. The number of amides is 1. The van der Waals surface area contributed by atoms with E-state index in [2.05, 4.69) is 20.2 Å². The van der Waals surface area contributed by atoms with Gasteiger partial charge in [0.2, 0.25) is 21.1 Å². The summed E-state index contributed by atoms with van der Waals surface area (Å²) < 4.78 is 39.6. The van der Waals surface area contributed by atoms with Crippen LogP contribution in [0.5, 0.6) is 11.5 Å². The highest BCUT2D eigenvalue weighted by Gasteiger charge is 2.30. The molecule has 1 atom stereocenters. The Balaban J connectivity index is 1.78. The van der Waals surface area contributed by atoms with Gasteiger partial charge < -0.3 is 9.47 Å². The highest BCUT2D eigenvalue weighted by atomic mass is 32.2. The topological polar surface area (TPSA) is 120 Å². The number of fused-ring (bicyclic) bond motifs is 1. The predicted molar refractivity (Wildman–Crippen MR) is 118 cm³/mol. The number of nitrogens with zero attached hydrogens (tertiary/aromatic N) is 2. The maximum Gasteiger partial charge on any atom is 0.244 e. The highest BCUT2D eigenvalue weighted by molar-refractivity contribution is 7.89. The lowest BCUT2D eigenvalue weighted by molar-refractivity contribution is -0.118. The van der Waals surface area contributed by atoms with Crippen molar-refractivity contribution in [3.05, 3.63) is 23.2 Å². The van der Waals surface area contributed by atoms with Gasteiger partial charge in [-0.2, -0.15) is 4.72 Å². The van der Waals surface area contributed by atoms with Gasteiger partial charge in [-0.3, -0.25) is 10.1 Å². The maximum absolute atomic E-state index is 13.0. The Kier molecular flexibility index (Phi) is 6.87. The van der Waals surface area contributed by atoms with Crippen molar-refractivity contribution in [2.75, 3.05) is 18.5 Å². The Morgan fingerprint density at radius 1 is 1.13 bits per heavy atom. The fraction of sp³-hybridized carbons (Fsp3) is 0.550. The Hall–Kier alpha value is -2.24. The largest absolute Gasteiger partial charge is 0.490 e. The molecule has 31 heavy (non-hydrogen) atoms. The van der Waals surface area contributed by atoms with E-state index in [1.807, 2.05) is 20.8 Å². The molecule has 2 aromatic rings. The molecule has 1 aliphatic rings. The zero-order chi connectivity index (χ0) is 22.8. The van der Waals surface area contributed by atoms with Crippen molar-refractivity contribution in [3.8, 4) is 11.5 Å². The van der Waals surface area contributed by atoms with Gasteiger partial charge in [-0.1, -0.05) is 46.0 Å². The summed E-state index contributed by atoms with van der Waals surface area (Å²) in [5.41, 5.74) is -0.198. The first kappa shape index (κ1) is 23.4. The first-order valence-electron chi connectivity index (χ1n) is 10.0. The zero-order valence-electron chi connectivity index (χ0n) is 18.3. The molecular formula is C20H28N4O5S2. The van der Waals surface area contributed by atoms with Gasteiger partial charge in [-0.05, 0) is 18.1 Å². The number of benzene rings is 1. The Labute approximate surface area is 186 Å². The van der Waals surface area contributed by atoms with Crippen LogP contribution in [-0.2, 0) is 20.2 Å². The minimum Gasteiger partial charge on any atom is -0.490 e.